The molecule has 17 heavy (non-hydrogen) atoms. The van der Waals surface area contributed by atoms with Crippen molar-refractivity contribution in [2.45, 2.75) is 89.9 Å². The Morgan fingerprint density at radius 3 is 1.35 bits per heavy atom. The summed E-state index contributed by atoms with van der Waals surface area (Å²) in [5, 5.41) is 0. The molecule has 1 aliphatic carbocycles. The number of allylic oxidation sites excluding steroid dienone is 2. The molecule has 0 heteroatoms. The molecule has 0 nitrogen and oxygen atoms in total. The predicted molar refractivity (Wildman–Crippen MR) is 78.1 cm³/mol. The van der Waals surface area contributed by atoms with Gasteiger partial charge in [0.05, 0.1) is 0 Å². The fourth-order valence-electron chi connectivity index (χ4n) is 2.58. The van der Waals surface area contributed by atoms with Crippen LogP contribution in [0, 0.1) is 6.42 Å². The Labute approximate surface area is 109 Å². The van der Waals surface area contributed by atoms with Crippen molar-refractivity contribution in [2.75, 3.05) is 0 Å². The molecule has 0 amide bonds. The summed E-state index contributed by atoms with van der Waals surface area (Å²) >= 11 is 0. The highest BCUT2D eigenvalue weighted by atomic mass is 14.0. The second-order valence-electron chi connectivity index (χ2n) is 5.48. The van der Waals surface area contributed by atoms with E-state index in [9.17, 15) is 0 Å². The topological polar surface area (TPSA) is 0 Å². The van der Waals surface area contributed by atoms with Crippen LogP contribution in [0.5, 0.6) is 0 Å². The molecule has 0 aromatic carbocycles. The maximum atomic E-state index is 2.36. The average Bonchev–Trinajstić information content (AvgIpc) is 2.35. The number of hydrogen-bond donors (Lipinski definition) is 0. The summed E-state index contributed by atoms with van der Waals surface area (Å²) in [4.78, 5) is 0. The van der Waals surface area contributed by atoms with Crippen molar-refractivity contribution in [3.05, 3.63) is 18.6 Å². The van der Waals surface area contributed by atoms with Gasteiger partial charge in [-0.15, -0.1) is 0 Å². The summed E-state index contributed by atoms with van der Waals surface area (Å²) in [7, 11) is 0. The zero-order valence-corrected chi connectivity index (χ0v) is 11.6. The molecule has 0 aromatic rings. The summed E-state index contributed by atoms with van der Waals surface area (Å²) in [5.41, 5.74) is 0. The van der Waals surface area contributed by atoms with Crippen LogP contribution in [0.25, 0.3) is 0 Å². The van der Waals surface area contributed by atoms with E-state index in [-0.39, 0.29) is 0 Å². The summed E-state index contributed by atoms with van der Waals surface area (Å²) in [6.07, 6.45) is 27.0. The first kappa shape index (κ1) is 14.8. The fourth-order valence-corrected chi connectivity index (χ4v) is 2.58. The van der Waals surface area contributed by atoms with E-state index in [1.54, 1.807) is 0 Å². The normalized spacial score (nSPS) is 23.1. The Bertz CT molecular complexity index is 151. The minimum Gasteiger partial charge on any atom is -0.0882 e. The molecule has 0 bridgehead atoms. The highest BCUT2D eigenvalue weighted by Gasteiger charge is 1.94. The lowest BCUT2D eigenvalue weighted by atomic mass is 10.0. The summed E-state index contributed by atoms with van der Waals surface area (Å²) < 4.78 is 0. The molecule has 0 saturated heterocycles. The second kappa shape index (κ2) is 12.2. The molecule has 0 unspecified atom stereocenters. The van der Waals surface area contributed by atoms with Crippen LogP contribution in [-0.2, 0) is 0 Å². The summed E-state index contributed by atoms with van der Waals surface area (Å²) in [6.45, 7) is 0. The summed E-state index contributed by atoms with van der Waals surface area (Å²) in [5.74, 6) is 0. The van der Waals surface area contributed by atoms with E-state index in [0.717, 1.165) is 0 Å². The minimum atomic E-state index is 1.29. The van der Waals surface area contributed by atoms with Gasteiger partial charge in [-0.05, 0) is 25.7 Å². The standard InChI is InChI=1S/C17H31/c1-2-4-6-8-10-12-14-16-17-15-13-11-9-7-5-3-1/h1-3H,4-17H2. The molecule has 0 N–H and O–H groups in total. The molecule has 0 aliphatic heterocycles. The first-order valence-electron chi connectivity index (χ1n) is 7.98. The first-order valence-corrected chi connectivity index (χ1v) is 7.98. The smallest absolute Gasteiger partial charge is 0.0171 e. The second-order valence-corrected chi connectivity index (χ2v) is 5.48. The van der Waals surface area contributed by atoms with Crippen LogP contribution in [0.15, 0.2) is 12.2 Å². The monoisotopic (exact) mass is 235 g/mol. The quantitative estimate of drug-likeness (QED) is 0.467. The van der Waals surface area contributed by atoms with Gasteiger partial charge in [0.15, 0.2) is 0 Å². The van der Waals surface area contributed by atoms with Crippen LogP contribution >= 0.6 is 0 Å². The van der Waals surface area contributed by atoms with Gasteiger partial charge in [-0.2, -0.15) is 0 Å². The molecular weight excluding hydrogens is 204 g/mol. The van der Waals surface area contributed by atoms with E-state index in [1.165, 1.54) is 89.9 Å². The van der Waals surface area contributed by atoms with Crippen LogP contribution < -0.4 is 0 Å². The molecule has 99 valence electrons. The van der Waals surface area contributed by atoms with Gasteiger partial charge in [0, 0.05) is 0 Å². The SMILES string of the molecule is [CH]1C=CCCCCCCCCCCCCCC1. The Morgan fingerprint density at radius 2 is 0.824 bits per heavy atom. The van der Waals surface area contributed by atoms with Crippen molar-refractivity contribution < 1.29 is 0 Å². The molecule has 0 heterocycles. The van der Waals surface area contributed by atoms with Crippen LogP contribution in [0.2, 0.25) is 0 Å². The summed E-state index contributed by atoms with van der Waals surface area (Å²) in [6, 6.07) is 0. The van der Waals surface area contributed by atoms with E-state index in [1.807, 2.05) is 0 Å². The number of rotatable bonds is 0. The van der Waals surface area contributed by atoms with E-state index in [4.69, 9.17) is 0 Å². The lowest BCUT2D eigenvalue weighted by molar-refractivity contribution is 0.542. The minimum absolute atomic E-state index is 1.29. The Balaban J connectivity index is 2.07. The van der Waals surface area contributed by atoms with Crippen LogP contribution in [0.1, 0.15) is 89.9 Å². The van der Waals surface area contributed by atoms with E-state index < -0.39 is 0 Å². The van der Waals surface area contributed by atoms with Crippen LogP contribution in [0.3, 0.4) is 0 Å². The van der Waals surface area contributed by atoms with Gasteiger partial charge in [0.2, 0.25) is 0 Å². The van der Waals surface area contributed by atoms with Gasteiger partial charge >= 0.3 is 0 Å². The lowest BCUT2D eigenvalue weighted by Gasteiger charge is -2.02. The zero-order valence-electron chi connectivity index (χ0n) is 11.6. The van der Waals surface area contributed by atoms with Gasteiger partial charge in [-0.1, -0.05) is 82.8 Å². The lowest BCUT2D eigenvalue weighted by Crippen LogP contribution is -1.82. The van der Waals surface area contributed by atoms with Gasteiger partial charge in [-0.3, -0.25) is 0 Å². The van der Waals surface area contributed by atoms with Crippen LogP contribution in [-0.4, -0.2) is 0 Å². The van der Waals surface area contributed by atoms with Crippen molar-refractivity contribution >= 4 is 0 Å². The molecule has 0 aromatic heterocycles. The highest BCUT2D eigenvalue weighted by Crippen LogP contribution is 2.14. The van der Waals surface area contributed by atoms with Crippen LogP contribution in [0.4, 0.5) is 0 Å². The maximum Gasteiger partial charge on any atom is -0.0171 e. The van der Waals surface area contributed by atoms with E-state index in [0.29, 0.717) is 0 Å². The van der Waals surface area contributed by atoms with Gasteiger partial charge in [0.1, 0.15) is 0 Å². The molecule has 0 spiro atoms. The average molecular weight is 235 g/mol. The van der Waals surface area contributed by atoms with Crippen molar-refractivity contribution in [3.8, 4) is 0 Å². The Morgan fingerprint density at radius 1 is 0.412 bits per heavy atom. The number of hydrogen-bond acceptors (Lipinski definition) is 0. The highest BCUT2D eigenvalue weighted by molar-refractivity contribution is 4.94. The zero-order chi connectivity index (χ0) is 12.0. The Hall–Kier alpha value is -0.260. The van der Waals surface area contributed by atoms with Gasteiger partial charge in [0.25, 0.3) is 0 Å². The van der Waals surface area contributed by atoms with Crippen molar-refractivity contribution in [1.82, 2.24) is 0 Å². The predicted octanol–water partition coefficient (Wildman–Crippen LogP) is 6.22. The van der Waals surface area contributed by atoms with Gasteiger partial charge in [-0.25, -0.2) is 0 Å². The van der Waals surface area contributed by atoms with E-state index in [2.05, 4.69) is 18.6 Å². The van der Waals surface area contributed by atoms with Crippen molar-refractivity contribution in [1.29, 1.82) is 0 Å². The first-order chi connectivity index (χ1) is 8.50. The van der Waals surface area contributed by atoms with Gasteiger partial charge < -0.3 is 0 Å². The van der Waals surface area contributed by atoms with Crippen molar-refractivity contribution in [3.63, 3.8) is 0 Å². The largest absolute Gasteiger partial charge is 0.0882 e. The van der Waals surface area contributed by atoms with E-state index >= 15 is 0 Å². The molecule has 0 atom stereocenters. The third kappa shape index (κ3) is 10.6. The molecule has 0 saturated carbocycles. The third-order valence-corrected chi connectivity index (χ3v) is 3.76. The van der Waals surface area contributed by atoms with Crippen molar-refractivity contribution in [2.24, 2.45) is 0 Å². The molecule has 0 fully saturated rings. The Kier molecular flexibility index (Phi) is 10.6. The molecule has 1 aliphatic rings. The molecule has 1 radical (unpaired) electrons. The molecule has 1 rings (SSSR count). The fraction of sp³-hybridized carbons (Fsp3) is 0.824. The maximum absolute atomic E-state index is 2.36. The third-order valence-electron chi connectivity index (χ3n) is 3.76. The molecular formula is C17H31.